The second-order valence-electron chi connectivity index (χ2n) is 2.17. The number of carbonyl (C=O) groups is 1. The fourth-order valence-electron chi connectivity index (χ4n) is 0.433. The SMILES string of the molecule is CN(C)CCNC(=O)C#N. The van der Waals surface area contributed by atoms with Gasteiger partial charge in [-0.25, -0.2) is 0 Å². The number of carbonyl (C=O) groups excluding carboxylic acids is 1. The molecule has 0 aliphatic rings. The molecule has 0 rings (SSSR count). The van der Waals surface area contributed by atoms with E-state index in [1.807, 2.05) is 19.0 Å². The van der Waals surface area contributed by atoms with Gasteiger partial charge in [0.05, 0.1) is 0 Å². The lowest BCUT2D eigenvalue weighted by Crippen LogP contribution is -2.30. The van der Waals surface area contributed by atoms with Crippen molar-refractivity contribution < 1.29 is 4.79 Å². The Morgan fingerprint density at radius 1 is 1.70 bits per heavy atom. The van der Waals surface area contributed by atoms with E-state index in [9.17, 15) is 4.79 Å². The highest BCUT2D eigenvalue weighted by atomic mass is 16.1. The first-order valence-corrected chi connectivity index (χ1v) is 2.99. The van der Waals surface area contributed by atoms with Crippen LogP contribution in [0, 0.1) is 11.3 Å². The summed E-state index contributed by atoms with van der Waals surface area (Å²) in [6, 6.07) is 1.47. The second-order valence-corrected chi connectivity index (χ2v) is 2.17. The van der Waals surface area contributed by atoms with E-state index < -0.39 is 5.91 Å². The van der Waals surface area contributed by atoms with Gasteiger partial charge in [-0.15, -0.1) is 0 Å². The average molecular weight is 141 g/mol. The fourth-order valence-corrected chi connectivity index (χ4v) is 0.433. The lowest BCUT2D eigenvalue weighted by Gasteiger charge is -2.07. The number of nitriles is 1. The van der Waals surface area contributed by atoms with Crippen LogP contribution in [-0.4, -0.2) is 38.0 Å². The summed E-state index contributed by atoms with van der Waals surface area (Å²) in [6.07, 6.45) is 0. The number of likely N-dealkylation sites (N-methyl/N-ethyl adjacent to an activating group) is 1. The zero-order valence-corrected chi connectivity index (χ0v) is 6.22. The number of amides is 1. The quantitative estimate of drug-likeness (QED) is 0.523. The Balaban J connectivity index is 3.22. The molecule has 0 radical (unpaired) electrons. The number of hydrogen-bond donors (Lipinski definition) is 1. The molecule has 0 aromatic carbocycles. The van der Waals surface area contributed by atoms with Gasteiger partial charge in [0.1, 0.15) is 0 Å². The molecule has 10 heavy (non-hydrogen) atoms. The molecular weight excluding hydrogens is 130 g/mol. The first kappa shape index (κ1) is 8.92. The van der Waals surface area contributed by atoms with Crippen molar-refractivity contribution in [1.82, 2.24) is 10.2 Å². The third-order valence-corrected chi connectivity index (χ3v) is 0.946. The number of rotatable bonds is 3. The average Bonchev–Trinajstić information content (AvgIpc) is 1.87. The normalized spacial score (nSPS) is 9.00. The molecule has 0 aliphatic carbocycles. The van der Waals surface area contributed by atoms with E-state index in [0.717, 1.165) is 6.54 Å². The summed E-state index contributed by atoms with van der Waals surface area (Å²) in [5.74, 6) is -0.568. The zero-order valence-electron chi connectivity index (χ0n) is 6.22. The van der Waals surface area contributed by atoms with E-state index in [-0.39, 0.29) is 0 Å². The number of hydrogen-bond acceptors (Lipinski definition) is 3. The first-order valence-electron chi connectivity index (χ1n) is 2.99. The molecule has 4 nitrogen and oxygen atoms in total. The third kappa shape index (κ3) is 5.06. The molecule has 0 saturated heterocycles. The van der Waals surface area contributed by atoms with Crippen molar-refractivity contribution in [2.45, 2.75) is 0 Å². The van der Waals surface area contributed by atoms with Crippen LogP contribution in [0.2, 0.25) is 0 Å². The molecular formula is C6H11N3O. The van der Waals surface area contributed by atoms with Crippen LogP contribution in [-0.2, 0) is 4.79 Å². The van der Waals surface area contributed by atoms with Crippen molar-refractivity contribution in [2.24, 2.45) is 0 Å². The number of nitrogens with one attached hydrogen (secondary N) is 1. The molecule has 0 unspecified atom stereocenters. The number of nitrogens with zero attached hydrogens (tertiary/aromatic N) is 2. The van der Waals surface area contributed by atoms with Crippen molar-refractivity contribution >= 4 is 5.91 Å². The molecule has 0 heterocycles. The Hall–Kier alpha value is -1.08. The maximum atomic E-state index is 10.3. The predicted molar refractivity (Wildman–Crippen MR) is 37.2 cm³/mol. The minimum atomic E-state index is -0.568. The van der Waals surface area contributed by atoms with Crippen molar-refractivity contribution in [3.63, 3.8) is 0 Å². The summed E-state index contributed by atoms with van der Waals surface area (Å²) in [6.45, 7) is 1.28. The Bertz CT molecular complexity index is 148. The van der Waals surface area contributed by atoms with Gasteiger partial charge >= 0.3 is 5.91 Å². The summed E-state index contributed by atoms with van der Waals surface area (Å²) >= 11 is 0. The molecule has 1 amide bonds. The highest BCUT2D eigenvalue weighted by molar-refractivity contribution is 5.91. The summed E-state index contributed by atoms with van der Waals surface area (Å²) in [5, 5.41) is 10.4. The van der Waals surface area contributed by atoms with Crippen molar-refractivity contribution in [2.75, 3.05) is 27.2 Å². The van der Waals surface area contributed by atoms with Crippen LogP contribution in [0.15, 0.2) is 0 Å². The van der Waals surface area contributed by atoms with Crippen LogP contribution in [0.4, 0.5) is 0 Å². The Kier molecular flexibility index (Phi) is 4.25. The highest BCUT2D eigenvalue weighted by Gasteiger charge is 1.95. The molecule has 0 fully saturated rings. The van der Waals surface area contributed by atoms with Gasteiger partial charge in [0.15, 0.2) is 6.07 Å². The zero-order chi connectivity index (χ0) is 7.98. The fraction of sp³-hybridized carbons (Fsp3) is 0.667. The van der Waals surface area contributed by atoms with Gasteiger partial charge in [-0.2, -0.15) is 5.26 Å². The second kappa shape index (κ2) is 4.77. The standard InChI is InChI=1S/C6H11N3O/c1-9(2)4-3-8-6(10)5-7/h3-4H2,1-2H3,(H,8,10). The van der Waals surface area contributed by atoms with Gasteiger partial charge in [-0.1, -0.05) is 0 Å². The lowest BCUT2D eigenvalue weighted by atomic mass is 10.5. The van der Waals surface area contributed by atoms with E-state index in [2.05, 4.69) is 5.32 Å². The van der Waals surface area contributed by atoms with Crippen molar-refractivity contribution in [3.8, 4) is 6.07 Å². The van der Waals surface area contributed by atoms with Gasteiger partial charge in [0.2, 0.25) is 0 Å². The van der Waals surface area contributed by atoms with Crippen LogP contribution < -0.4 is 5.32 Å². The topological polar surface area (TPSA) is 56.1 Å². The molecule has 0 aromatic heterocycles. The molecule has 0 atom stereocenters. The van der Waals surface area contributed by atoms with E-state index in [1.54, 1.807) is 0 Å². The van der Waals surface area contributed by atoms with E-state index in [0.29, 0.717) is 6.54 Å². The molecule has 0 aliphatic heterocycles. The van der Waals surface area contributed by atoms with Gasteiger partial charge in [0.25, 0.3) is 0 Å². The first-order chi connectivity index (χ1) is 4.66. The molecule has 0 aromatic rings. The predicted octanol–water partition coefficient (Wildman–Crippen LogP) is -0.812. The third-order valence-electron chi connectivity index (χ3n) is 0.946. The lowest BCUT2D eigenvalue weighted by molar-refractivity contribution is -0.115. The smallest absolute Gasteiger partial charge is 0.322 e. The molecule has 4 heteroatoms. The van der Waals surface area contributed by atoms with Gasteiger partial charge < -0.3 is 10.2 Å². The Labute approximate surface area is 60.4 Å². The summed E-state index contributed by atoms with van der Waals surface area (Å²) in [7, 11) is 3.80. The molecule has 56 valence electrons. The molecule has 1 N–H and O–H groups in total. The molecule has 0 saturated carbocycles. The van der Waals surface area contributed by atoms with E-state index in [4.69, 9.17) is 5.26 Å². The molecule has 0 spiro atoms. The monoisotopic (exact) mass is 141 g/mol. The summed E-state index contributed by atoms with van der Waals surface area (Å²) in [5.41, 5.74) is 0. The maximum Gasteiger partial charge on any atom is 0.322 e. The largest absolute Gasteiger partial charge is 0.342 e. The van der Waals surface area contributed by atoms with Gasteiger partial charge in [0, 0.05) is 13.1 Å². The minimum Gasteiger partial charge on any atom is -0.342 e. The van der Waals surface area contributed by atoms with Crippen LogP contribution in [0.1, 0.15) is 0 Å². The van der Waals surface area contributed by atoms with E-state index >= 15 is 0 Å². The summed E-state index contributed by atoms with van der Waals surface area (Å²) < 4.78 is 0. The Morgan fingerprint density at radius 3 is 2.70 bits per heavy atom. The summed E-state index contributed by atoms with van der Waals surface area (Å²) in [4.78, 5) is 12.2. The minimum absolute atomic E-state index is 0.527. The van der Waals surface area contributed by atoms with E-state index in [1.165, 1.54) is 6.07 Å². The Morgan fingerprint density at radius 2 is 2.30 bits per heavy atom. The maximum absolute atomic E-state index is 10.3. The van der Waals surface area contributed by atoms with Crippen LogP contribution >= 0.6 is 0 Å². The van der Waals surface area contributed by atoms with Crippen molar-refractivity contribution in [3.05, 3.63) is 0 Å². The van der Waals surface area contributed by atoms with Gasteiger partial charge in [-0.05, 0) is 14.1 Å². The van der Waals surface area contributed by atoms with Gasteiger partial charge in [-0.3, -0.25) is 4.79 Å². The highest BCUT2D eigenvalue weighted by Crippen LogP contribution is 1.69. The van der Waals surface area contributed by atoms with Crippen LogP contribution in [0.25, 0.3) is 0 Å². The molecule has 0 bridgehead atoms. The van der Waals surface area contributed by atoms with Crippen LogP contribution in [0.3, 0.4) is 0 Å². The van der Waals surface area contributed by atoms with Crippen LogP contribution in [0.5, 0.6) is 0 Å². The van der Waals surface area contributed by atoms with Crippen molar-refractivity contribution in [1.29, 1.82) is 5.26 Å².